The molecule has 1 fully saturated rings. The number of para-hydroxylation sites is 1. The van der Waals surface area contributed by atoms with Crippen LogP contribution < -0.4 is 5.32 Å². The molecule has 2 aromatic carbocycles. The third-order valence-electron chi connectivity index (χ3n) is 4.18. The van der Waals surface area contributed by atoms with E-state index in [0.717, 1.165) is 39.9 Å². The Kier molecular flexibility index (Phi) is 6.24. The van der Waals surface area contributed by atoms with Gasteiger partial charge in [0, 0.05) is 35.9 Å². The van der Waals surface area contributed by atoms with Gasteiger partial charge < -0.3 is 15.0 Å². The fourth-order valence-corrected chi connectivity index (χ4v) is 3.95. The molecule has 0 bridgehead atoms. The highest BCUT2D eigenvalue weighted by molar-refractivity contribution is 7.98. The summed E-state index contributed by atoms with van der Waals surface area (Å²) in [6.45, 7) is 1.36. The fourth-order valence-electron chi connectivity index (χ4n) is 2.78. The number of anilines is 1. The van der Waals surface area contributed by atoms with E-state index in [1.165, 1.54) is 0 Å². The quantitative estimate of drug-likeness (QED) is 0.756. The van der Waals surface area contributed by atoms with Gasteiger partial charge in [0.2, 0.25) is 0 Å². The smallest absolute Gasteiger partial charge is 0.321 e. The summed E-state index contributed by atoms with van der Waals surface area (Å²) in [5.41, 5.74) is 1.99. The van der Waals surface area contributed by atoms with E-state index < -0.39 is 0 Å². The number of likely N-dealkylation sites (tertiary alicyclic amines) is 1. The Morgan fingerprint density at radius 2 is 2.16 bits per heavy atom. The Labute approximate surface area is 157 Å². The topological polar surface area (TPSA) is 41.6 Å². The lowest BCUT2D eigenvalue weighted by atomic mass is 10.2. The predicted octanol–water partition coefficient (Wildman–Crippen LogP) is 4.88. The third-order valence-corrected chi connectivity index (χ3v) is 5.56. The normalized spacial score (nSPS) is 16.9. The van der Waals surface area contributed by atoms with Gasteiger partial charge in [-0.3, -0.25) is 0 Å². The van der Waals surface area contributed by atoms with Gasteiger partial charge in [0.1, 0.15) is 0 Å². The first-order valence-corrected chi connectivity index (χ1v) is 9.57. The van der Waals surface area contributed by atoms with Crippen LogP contribution in [0, 0.1) is 0 Å². The van der Waals surface area contributed by atoms with E-state index in [1.54, 1.807) is 23.8 Å². The van der Waals surface area contributed by atoms with Crippen molar-refractivity contribution in [3.63, 3.8) is 0 Å². The average molecular weight is 377 g/mol. The SMILES string of the molecule is CO[C@@H]1CCN(C(=O)Nc2ccccc2SCc2cccc(Cl)c2)C1. The number of methoxy groups -OCH3 is 1. The van der Waals surface area contributed by atoms with Crippen LogP contribution in [0.2, 0.25) is 5.02 Å². The summed E-state index contributed by atoms with van der Waals surface area (Å²) in [5.74, 6) is 0.795. The van der Waals surface area contributed by atoms with Gasteiger partial charge in [0.15, 0.2) is 0 Å². The molecule has 4 nitrogen and oxygen atoms in total. The van der Waals surface area contributed by atoms with Gasteiger partial charge in [0.25, 0.3) is 0 Å². The number of nitrogens with zero attached hydrogens (tertiary/aromatic N) is 1. The van der Waals surface area contributed by atoms with Gasteiger partial charge in [-0.2, -0.15) is 0 Å². The Bertz CT molecular complexity index is 741. The number of urea groups is 1. The number of hydrogen-bond acceptors (Lipinski definition) is 3. The summed E-state index contributed by atoms with van der Waals surface area (Å²) in [6, 6.07) is 15.6. The van der Waals surface area contributed by atoms with E-state index in [4.69, 9.17) is 16.3 Å². The second-order valence-electron chi connectivity index (χ2n) is 5.94. The maximum absolute atomic E-state index is 12.5. The predicted molar refractivity (Wildman–Crippen MR) is 103 cm³/mol. The van der Waals surface area contributed by atoms with Crippen molar-refractivity contribution >= 4 is 35.1 Å². The molecule has 2 amide bonds. The number of amides is 2. The van der Waals surface area contributed by atoms with E-state index in [1.807, 2.05) is 42.5 Å². The lowest BCUT2D eigenvalue weighted by molar-refractivity contribution is 0.111. The Balaban J connectivity index is 1.63. The zero-order valence-electron chi connectivity index (χ0n) is 14.1. The number of carbonyl (C=O) groups is 1. The summed E-state index contributed by atoms with van der Waals surface area (Å²) in [5, 5.41) is 3.77. The summed E-state index contributed by atoms with van der Waals surface area (Å²) >= 11 is 7.72. The molecular formula is C19H21ClN2O2S. The standard InChI is InChI=1S/C19H21ClN2O2S/c1-24-16-9-10-22(12-16)19(23)21-17-7-2-3-8-18(17)25-13-14-5-4-6-15(20)11-14/h2-8,11,16H,9-10,12-13H2,1H3,(H,21,23)/t16-/m1/s1. The molecule has 25 heavy (non-hydrogen) atoms. The molecule has 1 atom stereocenters. The van der Waals surface area contributed by atoms with Crippen LogP contribution in [-0.2, 0) is 10.5 Å². The number of thioether (sulfide) groups is 1. The highest BCUT2D eigenvalue weighted by Crippen LogP contribution is 2.30. The molecular weight excluding hydrogens is 356 g/mol. The van der Waals surface area contributed by atoms with Crippen molar-refractivity contribution in [2.75, 3.05) is 25.5 Å². The Morgan fingerprint density at radius 1 is 1.32 bits per heavy atom. The molecule has 3 rings (SSSR count). The molecule has 132 valence electrons. The van der Waals surface area contributed by atoms with Crippen molar-refractivity contribution in [2.45, 2.75) is 23.2 Å². The van der Waals surface area contributed by atoms with Crippen molar-refractivity contribution < 1.29 is 9.53 Å². The van der Waals surface area contributed by atoms with Gasteiger partial charge in [-0.1, -0.05) is 35.9 Å². The maximum Gasteiger partial charge on any atom is 0.321 e. The number of nitrogens with one attached hydrogen (secondary N) is 1. The van der Waals surface area contributed by atoms with Gasteiger partial charge in [-0.05, 0) is 36.2 Å². The number of carbonyl (C=O) groups excluding carboxylic acids is 1. The summed E-state index contributed by atoms with van der Waals surface area (Å²) in [4.78, 5) is 15.3. The number of ether oxygens (including phenoxy) is 1. The number of halogens is 1. The zero-order chi connectivity index (χ0) is 17.6. The highest BCUT2D eigenvalue weighted by atomic mass is 35.5. The van der Waals surface area contributed by atoms with Crippen molar-refractivity contribution in [1.82, 2.24) is 4.90 Å². The van der Waals surface area contributed by atoms with Gasteiger partial charge in [-0.15, -0.1) is 11.8 Å². The third kappa shape index (κ3) is 4.91. The largest absolute Gasteiger partial charge is 0.380 e. The van der Waals surface area contributed by atoms with Crippen LogP contribution in [0.25, 0.3) is 0 Å². The average Bonchev–Trinajstić information content (AvgIpc) is 3.10. The molecule has 0 saturated carbocycles. The van der Waals surface area contributed by atoms with E-state index in [9.17, 15) is 4.79 Å². The molecule has 0 aliphatic carbocycles. The van der Waals surface area contributed by atoms with E-state index in [0.29, 0.717) is 6.54 Å². The molecule has 1 saturated heterocycles. The van der Waals surface area contributed by atoms with Gasteiger partial charge >= 0.3 is 6.03 Å². The monoisotopic (exact) mass is 376 g/mol. The molecule has 1 aliphatic rings. The molecule has 1 heterocycles. The second-order valence-corrected chi connectivity index (χ2v) is 7.39. The number of hydrogen-bond donors (Lipinski definition) is 1. The van der Waals surface area contributed by atoms with Crippen LogP contribution in [0.15, 0.2) is 53.4 Å². The summed E-state index contributed by atoms with van der Waals surface area (Å²) < 4.78 is 5.33. The van der Waals surface area contributed by atoms with Crippen LogP contribution in [-0.4, -0.2) is 37.2 Å². The molecule has 1 N–H and O–H groups in total. The summed E-state index contributed by atoms with van der Waals surface area (Å²) in [6.07, 6.45) is 1.02. The fraction of sp³-hybridized carbons (Fsp3) is 0.316. The zero-order valence-corrected chi connectivity index (χ0v) is 15.6. The minimum Gasteiger partial charge on any atom is -0.380 e. The van der Waals surface area contributed by atoms with Crippen molar-refractivity contribution in [3.05, 3.63) is 59.1 Å². The lowest BCUT2D eigenvalue weighted by Gasteiger charge is -2.18. The second kappa shape index (κ2) is 8.61. The van der Waals surface area contributed by atoms with E-state index >= 15 is 0 Å². The van der Waals surface area contributed by atoms with E-state index in [2.05, 4.69) is 11.4 Å². The van der Waals surface area contributed by atoms with Crippen molar-refractivity contribution in [1.29, 1.82) is 0 Å². The number of benzene rings is 2. The van der Waals surface area contributed by atoms with Gasteiger partial charge in [-0.25, -0.2) is 4.79 Å². The molecule has 6 heteroatoms. The lowest BCUT2D eigenvalue weighted by Crippen LogP contribution is -2.34. The van der Waals surface area contributed by atoms with Crippen molar-refractivity contribution in [2.24, 2.45) is 0 Å². The molecule has 0 aromatic heterocycles. The van der Waals surface area contributed by atoms with Crippen molar-refractivity contribution in [3.8, 4) is 0 Å². The van der Waals surface area contributed by atoms with Crippen LogP contribution in [0.3, 0.4) is 0 Å². The molecule has 0 spiro atoms. The summed E-state index contributed by atoms with van der Waals surface area (Å²) in [7, 11) is 1.69. The van der Waals surface area contributed by atoms with Crippen LogP contribution in [0.4, 0.5) is 10.5 Å². The highest BCUT2D eigenvalue weighted by Gasteiger charge is 2.26. The molecule has 0 radical (unpaired) electrons. The molecule has 0 unspecified atom stereocenters. The minimum absolute atomic E-state index is 0.0737. The molecule has 2 aromatic rings. The first-order chi connectivity index (χ1) is 12.2. The van der Waals surface area contributed by atoms with Crippen LogP contribution in [0.5, 0.6) is 0 Å². The van der Waals surface area contributed by atoms with E-state index in [-0.39, 0.29) is 12.1 Å². The number of rotatable bonds is 5. The maximum atomic E-state index is 12.5. The Hall–Kier alpha value is -1.69. The van der Waals surface area contributed by atoms with Crippen LogP contribution >= 0.6 is 23.4 Å². The first-order valence-electron chi connectivity index (χ1n) is 8.20. The minimum atomic E-state index is -0.0737. The Morgan fingerprint density at radius 3 is 2.92 bits per heavy atom. The molecule has 1 aliphatic heterocycles. The first kappa shape index (κ1) is 18.1. The van der Waals surface area contributed by atoms with Crippen LogP contribution in [0.1, 0.15) is 12.0 Å². The van der Waals surface area contributed by atoms with Gasteiger partial charge in [0.05, 0.1) is 11.8 Å².